The number of aromatic nitrogens is 1. The van der Waals surface area contributed by atoms with E-state index in [0.717, 1.165) is 11.8 Å². The number of hydrogen-bond donors (Lipinski definition) is 1. The Bertz CT molecular complexity index is 642. The molecule has 0 spiro atoms. The second-order valence-electron chi connectivity index (χ2n) is 4.16. The Morgan fingerprint density at radius 3 is 2.11 bits per heavy atom. The number of hydrogen-bond acceptors (Lipinski definition) is 3. The molecule has 100 valence electrons. The fourth-order valence-electron chi connectivity index (χ4n) is 1.75. The van der Waals surface area contributed by atoms with E-state index in [4.69, 9.17) is 0 Å². The third-order valence-corrected chi connectivity index (χ3v) is 3.24. The van der Waals surface area contributed by atoms with Crippen LogP contribution >= 0.6 is 0 Å². The van der Waals surface area contributed by atoms with Gasteiger partial charge in [0.1, 0.15) is 5.82 Å². The zero-order chi connectivity index (χ0) is 13.9. The van der Waals surface area contributed by atoms with Crippen molar-refractivity contribution in [2.24, 2.45) is 0 Å². The maximum Gasteiger partial charge on any atom is 0.209 e. The Balaban J connectivity index is 2.43. The summed E-state index contributed by atoms with van der Waals surface area (Å²) >= 11 is 0. The van der Waals surface area contributed by atoms with Gasteiger partial charge in [-0.15, -0.1) is 0 Å². The van der Waals surface area contributed by atoms with Gasteiger partial charge in [0.15, 0.2) is 0 Å². The molecule has 0 aliphatic heterocycles. The third kappa shape index (κ3) is 3.84. The molecule has 6 heteroatoms. The summed E-state index contributed by atoms with van der Waals surface area (Å²) in [6.45, 7) is 0. The van der Waals surface area contributed by atoms with Gasteiger partial charge in [0.05, 0.1) is 12.3 Å². The van der Waals surface area contributed by atoms with Crippen molar-refractivity contribution >= 4 is 10.0 Å². The Hall–Kier alpha value is -1.79. The smallest absolute Gasteiger partial charge is 0.209 e. The quantitative estimate of drug-likeness (QED) is 0.930. The number of halogens is 1. The monoisotopic (exact) mass is 280 g/mol. The topological polar surface area (TPSA) is 59.1 Å². The van der Waals surface area contributed by atoms with E-state index in [1.54, 1.807) is 36.7 Å². The summed E-state index contributed by atoms with van der Waals surface area (Å²) in [5.41, 5.74) is 1.41. The van der Waals surface area contributed by atoms with E-state index < -0.39 is 16.1 Å². The maximum absolute atomic E-state index is 12.9. The molecule has 0 saturated heterocycles. The number of nitrogens with zero attached hydrogens (tertiary/aromatic N) is 1. The first-order valence-corrected chi connectivity index (χ1v) is 7.47. The van der Waals surface area contributed by atoms with Gasteiger partial charge < -0.3 is 0 Å². The molecule has 0 fully saturated rings. The van der Waals surface area contributed by atoms with Crippen LogP contribution in [0.2, 0.25) is 0 Å². The van der Waals surface area contributed by atoms with Crippen LogP contribution in [-0.4, -0.2) is 19.7 Å². The first-order valence-electron chi connectivity index (χ1n) is 5.58. The molecule has 19 heavy (non-hydrogen) atoms. The lowest BCUT2D eigenvalue weighted by Gasteiger charge is -2.18. The maximum atomic E-state index is 12.9. The van der Waals surface area contributed by atoms with E-state index >= 15 is 0 Å². The Morgan fingerprint density at radius 1 is 1.05 bits per heavy atom. The van der Waals surface area contributed by atoms with Crippen molar-refractivity contribution in [3.63, 3.8) is 0 Å². The normalized spacial score (nSPS) is 13.2. The van der Waals surface area contributed by atoms with Crippen LogP contribution in [0.15, 0.2) is 48.8 Å². The van der Waals surface area contributed by atoms with E-state index in [9.17, 15) is 12.8 Å². The van der Waals surface area contributed by atoms with Gasteiger partial charge >= 0.3 is 0 Å². The minimum absolute atomic E-state index is 0.364. The predicted molar refractivity (Wildman–Crippen MR) is 70.5 cm³/mol. The van der Waals surface area contributed by atoms with E-state index in [0.29, 0.717) is 5.56 Å². The highest BCUT2D eigenvalue weighted by atomic mass is 32.2. The fraction of sp³-hybridized carbons (Fsp3) is 0.154. The molecular weight excluding hydrogens is 267 g/mol. The standard InChI is InChI=1S/C13H13FN2O2S/c1-19(17,18)16-13(11-6-8-15-9-7-11)10-2-4-12(14)5-3-10/h2-9,13,16H,1H3. The molecule has 1 aromatic heterocycles. The van der Waals surface area contributed by atoms with Gasteiger partial charge in [-0.25, -0.2) is 17.5 Å². The highest BCUT2D eigenvalue weighted by Crippen LogP contribution is 2.22. The van der Waals surface area contributed by atoms with Crippen LogP contribution in [0.25, 0.3) is 0 Å². The molecule has 0 bridgehead atoms. The van der Waals surface area contributed by atoms with Crippen molar-refractivity contribution in [1.29, 1.82) is 0 Å². The second-order valence-corrected chi connectivity index (χ2v) is 5.94. The summed E-state index contributed by atoms with van der Waals surface area (Å²) in [4.78, 5) is 3.89. The summed E-state index contributed by atoms with van der Waals surface area (Å²) in [7, 11) is -3.39. The van der Waals surface area contributed by atoms with Gasteiger partial charge in [0.25, 0.3) is 0 Å². The van der Waals surface area contributed by atoms with E-state index in [1.807, 2.05) is 0 Å². The van der Waals surface area contributed by atoms with Gasteiger partial charge in [-0.1, -0.05) is 12.1 Å². The van der Waals surface area contributed by atoms with Gasteiger partial charge in [0, 0.05) is 12.4 Å². The van der Waals surface area contributed by atoms with Crippen LogP contribution in [-0.2, 0) is 10.0 Å². The molecule has 1 heterocycles. The van der Waals surface area contributed by atoms with Crippen molar-refractivity contribution in [2.75, 3.05) is 6.26 Å². The predicted octanol–water partition coefficient (Wildman–Crippen LogP) is 1.86. The summed E-state index contributed by atoms with van der Waals surface area (Å²) in [5, 5.41) is 0. The number of pyridine rings is 1. The lowest BCUT2D eigenvalue weighted by Crippen LogP contribution is -2.28. The molecule has 0 aliphatic rings. The van der Waals surface area contributed by atoms with E-state index in [1.165, 1.54) is 12.1 Å². The van der Waals surface area contributed by atoms with Crippen LogP contribution in [0, 0.1) is 5.82 Å². The van der Waals surface area contributed by atoms with Crippen LogP contribution in [0.3, 0.4) is 0 Å². The Kier molecular flexibility index (Phi) is 3.92. The Morgan fingerprint density at radius 2 is 1.58 bits per heavy atom. The highest BCUT2D eigenvalue weighted by molar-refractivity contribution is 7.88. The summed E-state index contributed by atoms with van der Waals surface area (Å²) in [5.74, 6) is -0.364. The van der Waals surface area contributed by atoms with Crippen LogP contribution in [0.4, 0.5) is 4.39 Å². The molecule has 2 aromatic rings. The fourth-order valence-corrected chi connectivity index (χ4v) is 2.45. The zero-order valence-electron chi connectivity index (χ0n) is 10.2. The molecule has 0 aliphatic carbocycles. The average molecular weight is 280 g/mol. The first kappa shape index (κ1) is 13.6. The van der Waals surface area contributed by atoms with Gasteiger partial charge in [-0.05, 0) is 35.4 Å². The number of nitrogens with one attached hydrogen (secondary N) is 1. The van der Waals surface area contributed by atoms with Gasteiger partial charge in [0.2, 0.25) is 10.0 Å². The zero-order valence-corrected chi connectivity index (χ0v) is 11.1. The SMILES string of the molecule is CS(=O)(=O)NC(c1ccncc1)c1ccc(F)cc1. The molecule has 0 radical (unpaired) electrons. The minimum Gasteiger partial charge on any atom is -0.265 e. The van der Waals surface area contributed by atoms with Crippen molar-refractivity contribution < 1.29 is 12.8 Å². The number of benzene rings is 1. The first-order chi connectivity index (χ1) is 8.96. The van der Waals surface area contributed by atoms with Crippen molar-refractivity contribution in [3.8, 4) is 0 Å². The minimum atomic E-state index is -3.39. The van der Waals surface area contributed by atoms with Crippen molar-refractivity contribution in [1.82, 2.24) is 9.71 Å². The molecule has 1 atom stereocenters. The molecule has 1 aromatic carbocycles. The molecule has 0 saturated carbocycles. The average Bonchev–Trinajstić information content (AvgIpc) is 2.37. The molecule has 0 amide bonds. The number of sulfonamides is 1. The third-order valence-electron chi connectivity index (χ3n) is 2.57. The van der Waals surface area contributed by atoms with Crippen molar-refractivity contribution in [3.05, 3.63) is 65.7 Å². The summed E-state index contributed by atoms with van der Waals surface area (Å²) < 4.78 is 38.4. The van der Waals surface area contributed by atoms with Gasteiger partial charge in [-0.3, -0.25) is 4.98 Å². The molecule has 2 rings (SSSR count). The van der Waals surface area contributed by atoms with Crippen molar-refractivity contribution in [2.45, 2.75) is 6.04 Å². The van der Waals surface area contributed by atoms with Crippen LogP contribution < -0.4 is 4.72 Å². The molecule has 1 unspecified atom stereocenters. The van der Waals surface area contributed by atoms with Gasteiger partial charge in [-0.2, -0.15) is 0 Å². The highest BCUT2D eigenvalue weighted by Gasteiger charge is 2.18. The lowest BCUT2D eigenvalue weighted by atomic mass is 10.0. The molecule has 1 N–H and O–H groups in total. The summed E-state index contributed by atoms with van der Waals surface area (Å²) in [6.07, 6.45) is 4.25. The van der Waals surface area contributed by atoms with Crippen LogP contribution in [0.5, 0.6) is 0 Å². The summed E-state index contributed by atoms with van der Waals surface area (Å²) in [6, 6.07) is 8.58. The van der Waals surface area contributed by atoms with Crippen LogP contribution in [0.1, 0.15) is 17.2 Å². The van der Waals surface area contributed by atoms with E-state index in [-0.39, 0.29) is 5.82 Å². The largest absolute Gasteiger partial charge is 0.265 e. The second kappa shape index (κ2) is 5.46. The molecule has 4 nitrogen and oxygen atoms in total. The van der Waals surface area contributed by atoms with E-state index in [2.05, 4.69) is 9.71 Å². The Labute approximate surface area is 111 Å². The lowest BCUT2D eigenvalue weighted by molar-refractivity contribution is 0.578. The number of rotatable bonds is 4. The molecular formula is C13H13FN2O2S.